The first-order valence-corrected chi connectivity index (χ1v) is 10.7. The summed E-state index contributed by atoms with van der Waals surface area (Å²) in [6, 6.07) is 5.82. The third kappa shape index (κ3) is 3.50. The second kappa shape index (κ2) is 7.40. The maximum absolute atomic E-state index is 12.0. The van der Waals surface area contributed by atoms with Gasteiger partial charge in [-0.15, -0.1) is 0 Å². The minimum atomic E-state index is -3.18. The van der Waals surface area contributed by atoms with Gasteiger partial charge in [-0.2, -0.15) is 0 Å². The van der Waals surface area contributed by atoms with Gasteiger partial charge in [0.25, 0.3) is 5.91 Å². The normalized spacial score (nSPS) is 14.6. The monoisotopic (exact) mass is 377 g/mol. The van der Waals surface area contributed by atoms with Crippen LogP contribution in [0.3, 0.4) is 0 Å². The molecule has 0 bridgehead atoms. The Hall–Kier alpha value is -1.86. The highest BCUT2D eigenvalue weighted by Gasteiger charge is 2.21. The molecule has 1 heterocycles. The summed E-state index contributed by atoms with van der Waals surface area (Å²) in [6.45, 7) is 0.679. The van der Waals surface area contributed by atoms with E-state index in [1.807, 2.05) is 18.2 Å². The zero-order chi connectivity index (χ0) is 18.9. The van der Waals surface area contributed by atoms with Crippen molar-refractivity contribution in [3.8, 4) is 0 Å². The van der Waals surface area contributed by atoms with Crippen molar-refractivity contribution in [2.24, 2.45) is 0 Å². The highest BCUT2D eigenvalue weighted by molar-refractivity contribution is 7.89. The summed E-state index contributed by atoms with van der Waals surface area (Å²) in [7, 11) is 1.60. The lowest BCUT2D eigenvalue weighted by Gasteiger charge is -2.16. The Morgan fingerprint density at radius 1 is 1.23 bits per heavy atom. The van der Waals surface area contributed by atoms with Crippen molar-refractivity contribution in [1.29, 1.82) is 0 Å². The molecule has 0 atom stereocenters. The summed E-state index contributed by atoms with van der Waals surface area (Å²) in [4.78, 5) is 12.0. The van der Waals surface area contributed by atoms with Crippen LogP contribution in [0.5, 0.6) is 0 Å². The number of benzene rings is 1. The van der Waals surface area contributed by atoms with Crippen LogP contribution in [0.2, 0.25) is 0 Å². The smallest absolute Gasteiger partial charge is 0.251 e. The molecule has 0 unspecified atom stereocenters. The molecule has 2 aromatic rings. The first-order chi connectivity index (χ1) is 12.3. The number of carbonyl (C=O) groups excluding carboxylic acids is 1. The number of aromatic nitrogens is 1. The number of rotatable bonds is 6. The van der Waals surface area contributed by atoms with Crippen molar-refractivity contribution < 1.29 is 13.2 Å². The van der Waals surface area contributed by atoms with E-state index in [9.17, 15) is 13.2 Å². The lowest BCUT2D eigenvalue weighted by atomic mass is 9.95. The molecule has 0 saturated heterocycles. The summed E-state index contributed by atoms with van der Waals surface area (Å²) < 4.78 is 27.6. The number of nitrogens with zero attached hydrogens (tertiary/aromatic N) is 2. The molecule has 3 rings (SSSR count). The zero-order valence-corrected chi connectivity index (χ0v) is 16.5. The Morgan fingerprint density at radius 2 is 1.96 bits per heavy atom. The van der Waals surface area contributed by atoms with E-state index in [4.69, 9.17) is 0 Å². The molecule has 0 spiro atoms. The number of nitrogens with one attached hydrogen (secondary N) is 1. The molecule has 142 valence electrons. The van der Waals surface area contributed by atoms with Crippen LogP contribution in [0.25, 0.3) is 10.9 Å². The van der Waals surface area contributed by atoms with Crippen LogP contribution in [-0.4, -0.2) is 50.1 Å². The van der Waals surface area contributed by atoms with Crippen molar-refractivity contribution in [2.75, 3.05) is 26.9 Å². The first kappa shape index (κ1) is 18.9. The lowest BCUT2D eigenvalue weighted by Crippen LogP contribution is -2.25. The summed E-state index contributed by atoms with van der Waals surface area (Å²) in [5.41, 5.74) is 4.41. The quantitative estimate of drug-likeness (QED) is 0.839. The maximum Gasteiger partial charge on any atom is 0.251 e. The van der Waals surface area contributed by atoms with E-state index in [0.29, 0.717) is 18.5 Å². The number of amides is 1. The van der Waals surface area contributed by atoms with Gasteiger partial charge in [0.15, 0.2) is 0 Å². The minimum Gasteiger partial charge on any atom is -0.355 e. The molecule has 6 nitrogen and oxygen atoms in total. The molecule has 7 heteroatoms. The van der Waals surface area contributed by atoms with Gasteiger partial charge in [0.2, 0.25) is 10.0 Å². The molecule has 1 N–H and O–H groups in total. The molecule has 0 fully saturated rings. The first-order valence-electron chi connectivity index (χ1n) is 9.11. The van der Waals surface area contributed by atoms with E-state index in [1.165, 1.54) is 15.6 Å². The maximum atomic E-state index is 12.0. The van der Waals surface area contributed by atoms with Gasteiger partial charge in [0.05, 0.1) is 5.75 Å². The Labute approximate surface area is 155 Å². The fraction of sp³-hybridized carbons (Fsp3) is 0.526. The predicted octanol–water partition coefficient (Wildman–Crippen LogP) is 2.16. The highest BCUT2D eigenvalue weighted by Crippen LogP contribution is 2.33. The fourth-order valence-corrected chi connectivity index (χ4v) is 4.62. The van der Waals surface area contributed by atoms with E-state index in [2.05, 4.69) is 9.88 Å². The fourth-order valence-electron chi connectivity index (χ4n) is 3.76. The minimum absolute atomic E-state index is 0.0821. The average molecular weight is 378 g/mol. The van der Waals surface area contributed by atoms with Crippen LogP contribution in [0.4, 0.5) is 0 Å². The third-order valence-corrected chi connectivity index (χ3v) is 7.12. The zero-order valence-electron chi connectivity index (χ0n) is 15.7. The summed E-state index contributed by atoms with van der Waals surface area (Å²) in [6.07, 6.45) is 4.92. The standard InChI is InChI=1S/C19H27N3O3S/c1-20-19(23)14-9-10-18-16(13-14)15-7-4-5-8-17(15)22(18)11-6-12-26(24,25)21(2)3/h9-10,13H,4-8,11-12H2,1-3H3,(H,20,23). The van der Waals surface area contributed by atoms with E-state index < -0.39 is 10.0 Å². The molecule has 1 aliphatic rings. The van der Waals surface area contributed by atoms with Crippen LogP contribution in [0.1, 0.15) is 40.9 Å². The van der Waals surface area contributed by atoms with Crippen molar-refractivity contribution >= 4 is 26.8 Å². The van der Waals surface area contributed by atoms with Crippen molar-refractivity contribution in [3.05, 3.63) is 35.0 Å². The largest absolute Gasteiger partial charge is 0.355 e. The van der Waals surface area contributed by atoms with Gasteiger partial charge in [-0.1, -0.05) is 0 Å². The van der Waals surface area contributed by atoms with Gasteiger partial charge in [0.1, 0.15) is 0 Å². The predicted molar refractivity (Wildman–Crippen MR) is 104 cm³/mol. The Bertz CT molecular complexity index is 929. The molecular formula is C19H27N3O3S. The number of fused-ring (bicyclic) bond motifs is 3. The molecule has 26 heavy (non-hydrogen) atoms. The molecule has 1 amide bonds. The number of sulfonamides is 1. The van der Waals surface area contributed by atoms with Crippen LogP contribution in [-0.2, 0) is 29.4 Å². The summed E-state index contributed by atoms with van der Waals surface area (Å²) >= 11 is 0. The topological polar surface area (TPSA) is 71.4 Å². The lowest BCUT2D eigenvalue weighted by molar-refractivity contribution is 0.0963. The Balaban J connectivity index is 1.96. The van der Waals surface area contributed by atoms with E-state index in [-0.39, 0.29) is 11.7 Å². The summed E-state index contributed by atoms with van der Waals surface area (Å²) in [5, 5.41) is 3.81. The van der Waals surface area contributed by atoms with Crippen LogP contribution < -0.4 is 5.32 Å². The van der Waals surface area contributed by atoms with Crippen molar-refractivity contribution in [2.45, 2.75) is 38.6 Å². The van der Waals surface area contributed by atoms with Gasteiger partial charge in [-0.05, 0) is 55.9 Å². The SMILES string of the molecule is CNC(=O)c1ccc2c(c1)c1c(n2CCCS(=O)(=O)N(C)C)CCCC1. The number of carbonyl (C=O) groups is 1. The molecular weight excluding hydrogens is 350 g/mol. The second-order valence-corrected chi connectivity index (χ2v) is 9.35. The number of hydrogen-bond acceptors (Lipinski definition) is 3. The second-order valence-electron chi connectivity index (χ2n) is 7.05. The van der Waals surface area contributed by atoms with Crippen LogP contribution >= 0.6 is 0 Å². The van der Waals surface area contributed by atoms with Gasteiger partial charge < -0.3 is 9.88 Å². The van der Waals surface area contributed by atoms with Gasteiger partial charge in [0, 0.05) is 49.8 Å². The molecule has 0 aliphatic heterocycles. The van der Waals surface area contributed by atoms with E-state index in [1.54, 1.807) is 21.1 Å². The summed E-state index contributed by atoms with van der Waals surface area (Å²) in [5.74, 6) is 0.0615. The molecule has 0 radical (unpaired) electrons. The Kier molecular flexibility index (Phi) is 5.39. The Morgan fingerprint density at radius 3 is 2.65 bits per heavy atom. The van der Waals surface area contributed by atoms with E-state index in [0.717, 1.165) is 36.6 Å². The van der Waals surface area contributed by atoms with Gasteiger partial charge >= 0.3 is 0 Å². The third-order valence-electron chi connectivity index (χ3n) is 5.21. The number of aryl methyl sites for hydroxylation is 2. The number of hydrogen-bond donors (Lipinski definition) is 1. The van der Waals surface area contributed by atoms with Crippen molar-refractivity contribution in [3.63, 3.8) is 0 Å². The molecule has 1 aromatic heterocycles. The van der Waals surface area contributed by atoms with E-state index >= 15 is 0 Å². The van der Waals surface area contributed by atoms with Crippen molar-refractivity contribution in [1.82, 2.24) is 14.2 Å². The van der Waals surface area contributed by atoms with Crippen LogP contribution in [0.15, 0.2) is 18.2 Å². The highest BCUT2D eigenvalue weighted by atomic mass is 32.2. The molecule has 0 saturated carbocycles. The molecule has 1 aromatic carbocycles. The average Bonchev–Trinajstić information content (AvgIpc) is 2.94. The molecule has 1 aliphatic carbocycles. The van der Waals surface area contributed by atoms with Gasteiger partial charge in [-0.3, -0.25) is 4.79 Å². The van der Waals surface area contributed by atoms with Crippen LogP contribution in [0, 0.1) is 0 Å². The van der Waals surface area contributed by atoms with Gasteiger partial charge in [-0.25, -0.2) is 12.7 Å².